The van der Waals surface area contributed by atoms with Crippen LogP contribution in [0.2, 0.25) is 10.0 Å². The van der Waals surface area contributed by atoms with Gasteiger partial charge in [0.2, 0.25) is 10.0 Å². The van der Waals surface area contributed by atoms with E-state index in [1.165, 1.54) is 30.3 Å². The number of ether oxygens (including phenoxy) is 1. The fraction of sp³-hybridized carbons (Fsp3) is 0.143. The average molecular weight is 364 g/mol. The lowest BCUT2D eigenvalue weighted by Crippen LogP contribution is -2.21. The molecule has 0 saturated heterocycles. The van der Waals surface area contributed by atoms with Gasteiger partial charge in [-0.1, -0.05) is 29.3 Å². The van der Waals surface area contributed by atoms with E-state index in [2.05, 4.69) is 4.72 Å². The Morgan fingerprint density at radius 1 is 1.09 bits per heavy atom. The minimum Gasteiger partial charge on any atom is -0.492 e. The van der Waals surface area contributed by atoms with Crippen LogP contribution in [0, 0.1) is 5.82 Å². The van der Waals surface area contributed by atoms with Crippen molar-refractivity contribution in [2.24, 2.45) is 0 Å². The van der Waals surface area contributed by atoms with Crippen LogP contribution < -0.4 is 9.46 Å². The molecular weight excluding hydrogens is 352 g/mol. The summed E-state index contributed by atoms with van der Waals surface area (Å²) in [5.74, 6) is -0.289. The number of hydrogen-bond acceptors (Lipinski definition) is 3. The normalized spacial score (nSPS) is 11.2. The van der Waals surface area contributed by atoms with Gasteiger partial charge >= 0.3 is 0 Å². The number of hydrogen-bond donors (Lipinski definition) is 1. The molecule has 0 aliphatic rings. The first kappa shape index (κ1) is 16.9. The smallest absolute Gasteiger partial charge is 0.236 e. The van der Waals surface area contributed by atoms with E-state index in [1.807, 2.05) is 0 Å². The van der Waals surface area contributed by atoms with Crippen LogP contribution in [0.1, 0.15) is 0 Å². The summed E-state index contributed by atoms with van der Waals surface area (Å²) in [7, 11) is -3.64. The Morgan fingerprint density at radius 3 is 2.45 bits per heavy atom. The van der Waals surface area contributed by atoms with E-state index in [0.29, 0.717) is 5.75 Å². The highest BCUT2D eigenvalue weighted by atomic mass is 35.5. The predicted octanol–water partition coefficient (Wildman–Crippen LogP) is 3.95. The Balaban J connectivity index is 1.94. The SMILES string of the molecule is O=S(=O)(CCOc1ccc(F)cc1)Nc1cccc(Cl)c1Cl. The zero-order chi connectivity index (χ0) is 16.2. The Hall–Kier alpha value is -1.50. The Bertz CT molecular complexity index is 751. The van der Waals surface area contributed by atoms with E-state index in [1.54, 1.807) is 12.1 Å². The van der Waals surface area contributed by atoms with Crippen molar-refractivity contribution in [3.8, 4) is 5.75 Å². The highest BCUT2D eigenvalue weighted by molar-refractivity contribution is 7.92. The van der Waals surface area contributed by atoms with Crippen molar-refractivity contribution in [3.63, 3.8) is 0 Å². The summed E-state index contributed by atoms with van der Waals surface area (Å²) in [6, 6.07) is 9.95. The van der Waals surface area contributed by atoms with Crippen LogP contribution in [-0.4, -0.2) is 20.8 Å². The molecule has 0 unspecified atom stereocenters. The Kier molecular flexibility index (Phi) is 5.50. The monoisotopic (exact) mass is 363 g/mol. The van der Waals surface area contributed by atoms with E-state index >= 15 is 0 Å². The van der Waals surface area contributed by atoms with Gasteiger partial charge in [0, 0.05) is 0 Å². The zero-order valence-corrected chi connectivity index (χ0v) is 13.6. The minimum absolute atomic E-state index is 0.0842. The third kappa shape index (κ3) is 4.76. The molecule has 118 valence electrons. The summed E-state index contributed by atoms with van der Waals surface area (Å²) in [5.41, 5.74) is 0.205. The van der Waals surface area contributed by atoms with Gasteiger partial charge in [-0.15, -0.1) is 0 Å². The van der Waals surface area contributed by atoms with Crippen molar-refractivity contribution in [1.29, 1.82) is 0 Å². The summed E-state index contributed by atoms with van der Waals surface area (Å²) in [5, 5.41) is 0.386. The second-order valence-corrected chi connectivity index (χ2v) is 6.95. The fourth-order valence-electron chi connectivity index (χ4n) is 1.60. The first-order valence-corrected chi connectivity index (χ1v) is 8.61. The largest absolute Gasteiger partial charge is 0.492 e. The molecule has 4 nitrogen and oxygen atoms in total. The summed E-state index contributed by atoms with van der Waals surface area (Å²) >= 11 is 11.7. The van der Waals surface area contributed by atoms with Crippen LogP contribution in [0.3, 0.4) is 0 Å². The molecule has 8 heteroatoms. The number of halogens is 3. The molecule has 0 amide bonds. The van der Waals surface area contributed by atoms with E-state index < -0.39 is 15.8 Å². The lowest BCUT2D eigenvalue weighted by Gasteiger charge is -2.11. The Morgan fingerprint density at radius 2 is 1.77 bits per heavy atom. The van der Waals surface area contributed by atoms with Gasteiger partial charge in [0.1, 0.15) is 23.9 Å². The first-order chi connectivity index (χ1) is 10.4. The second-order valence-electron chi connectivity index (χ2n) is 4.32. The molecule has 0 aliphatic carbocycles. The zero-order valence-electron chi connectivity index (χ0n) is 11.2. The third-order valence-electron chi connectivity index (χ3n) is 2.65. The molecule has 0 atom stereocenters. The molecule has 0 aliphatic heterocycles. The first-order valence-electron chi connectivity index (χ1n) is 6.20. The number of anilines is 1. The van der Waals surface area contributed by atoms with Crippen molar-refractivity contribution in [2.45, 2.75) is 0 Å². The number of rotatable bonds is 6. The van der Waals surface area contributed by atoms with Crippen LogP contribution in [0.25, 0.3) is 0 Å². The summed E-state index contributed by atoms with van der Waals surface area (Å²) in [6.07, 6.45) is 0. The highest BCUT2D eigenvalue weighted by Crippen LogP contribution is 2.30. The third-order valence-corrected chi connectivity index (χ3v) is 4.71. The van der Waals surface area contributed by atoms with Crippen molar-refractivity contribution in [2.75, 3.05) is 17.1 Å². The van der Waals surface area contributed by atoms with Crippen LogP contribution in [-0.2, 0) is 10.0 Å². The molecule has 0 spiro atoms. The molecular formula is C14H12Cl2FNO3S. The van der Waals surface area contributed by atoms with Crippen molar-refractivity contribution >= 4 is 38.9 Å². The predicted molar refractivity (Wildman–Crippen MR) is 85.8 cm³/mol. The quantitative estimate of drug-likeness (QED) is 0.844. The van der Waals surface area contributed by atoms with Crippen molar-refractivity contribution in [1.82, 2.24) is 0 Å². The maximum Gasteiger partial charge on any atom is 0.236 e. The minimum atomic E-state index is -3.64. The number of sulfonamides is 1. The molecule has 0 saturated carbocycles. The van der Waals surface area contributed by atoms with E-state index in [0.717, 1.165) is 0 Å². The van der Waals surface area contributed by atoms with Gasteiger partial charge in [0.05, 0.1) is 15.7 Å². The van der Waals surface area contributed by atoms with Crippen LogP contribution in [0.15, 0.2) is 42.5 Å². The molecule has 0 heterocycles. The van der Waals surface area contributed by atoms with Crippen molar-refractivity contribution < 1.29 is 17.5 Å². The Labute approximate surface area is 137 Å². The topological polar surface area (TPSA) is 55.4 Å². The number of nitrogens with one attached hydrogen (secondary N) is 1. The maximum atomic E-state index is 12.7. The molecule has 2 aromatic carbocycles. The molecule has 2 rings (SSSR count). The maximum absolute atomic E-state index is 12.7. The summed E-state index contributed by atoms with van der Waals surface area (Å²) in [6.45, 7) is -0.0842. The van der Waals surface area contributed by atoms with E-state index in [9.17, 15) is 12.8 Å². The van der Waals surface area contributed by atoms with Gasteiger partial charge in [-0.05, 0) is 36.4 Å². The van der Waals surface area contributed by atoms with Gasteiger partial charge in [0.25, 0.3) is 0 Å². The summed E-state index contributed by atoms with van der Waals surface area (Å²) < 4.78 is 44.2. The molecule has 0 aromatic heterocycles. The lowest BCUT2D eigenvalue weighted by atomic mass is 10.3. The molecule has 2 aromatic rings. The van der Waals surface area contributed by atoms with Gasteiger partial charge in [-0.25, -0.2) is 12.8 Å². The van der Waals surface area contributed by atoms with E-state index in [4.69, 9.17) is 27.9 Å². The number of benzene rings is 2. The summed E-state index contributed by atoms with van der Waals surface area (Å²) in [4.78, 5) is 0. The van der Waals surface area contributed by atoms with Crippen LogP contribution in [0.4, 0.5) is 10.1 Å². The fourth-order valence-corrected chi connectivity index (χ4v) is 2.92. The van der Waals surface area contributed by atoms with Gasteiger partial charge < -0.3 is 4.74 Å². The van der Waals surface area contributed by atoms with Crippen molar-refractivity contribution in [3.05, 3.63) is 58.3 Å². The van der Waals surface area contributed by atoms with Crippen LogP contribution in [0.5, 0.6) is 5.75 Å². The lowest BCUT2D eigenvalue weighted by molar-refractivity contribution is 0.340. The van der Waals surface area contributed by atoms with E-state index in [-0.39, 0.29) is 28.1 Å². The molecule has 0 radical (unpaired) electrons. The molecule has 22 heavy (non-hydrogen) atoms. The highest BCUT2D eigenvalue weighted by Gasteiger charge is 2.14. The standard InChI is InChI=1S/C14H12Cl2FNO3S/c15-12-2-1-3-13(14(12)16)18-22(19,20)9-8-21-11-6-4-10(17)5-7-11/h1-7,18H,8-9H2. The van der Waals surface area contributed by atoms with Gasteiger partial charge in [-0.3, -0.25) is 4.72 Å². The molecule has 1 N–H and O–H groups in total. The second kappa shape index (κ2) is 7.17. The van der Waals surface area contributed by atoms with Gasteiger partial charge in [0.15, 0.2) is 0 Å². The van der Waals surface area contributed by atoms with Gasteiger partial charge in [-0.2, -0.15) is 0 Å². The molecule has 0 fully saturated rings. The molecule has 0 bridgehead atoms. The average Bonchev–Trinajstić information content (AvgIpc) is 2.46. The van der Waals surface area contributed by atoms with Crippen LogP contribution >= 0.6 is 23.2 Å².